The number of halogens is 2. The molecule has 4 heteroatoms. The van der Waals surface area contributed by atoms with Gasteiger partial charge in [-0.2, -0.15) is 5.26 Å². The topological polar surface area (TPSA) is 49.8 Å². The van der Waals surface area contributed by atoms with E-state index in [-0.39, 0.29) is 23.6 Å². The van der Waals surface area contributed by atoms with Gasteiger partial charge < -0.3 is 5.73 Å². The maximum absolute atomic E-state index is 13.2. The van der Waals surface area contributed by atoms with Crippen LogP contribution in [0.25, 0.3) is 0 Å². The van der Waals surface area contributed by atoms with Crippen LogP contribution in [0.3, 0.4) is 0 Å². The summed E-state index contributed by atoms with van der Waals surface area (Å²) in [4.78, 5) is 0. The molecule has 0 saturated carbocycles. The van der Waals surface area contributed by atoms with Crippen LogP contribution in [0.15, 0.2) is 12.1 Å². The second-order valence-electron chi connectivity index (χ2n) is 3.10. The predicted molar refractivity (Wildman–Crippen MR) is 48.5 cm³/mol. The molecule has 0 radical (unpaired) electrons. The molecule has 1 aromatic rings. The van der Waals surface area contributed by atoms with Crippen molar-refractivity contribution < 1.29 is 8.78 Å². The molecule has 0 aliphatic rings. The summed E-state index contributed by atoms with van der Waals surface area (Å²) < 4.78 is 26.1. The minimum Gasteiger partial charge on any atom is -0.330 e. The zero-order chi connectivity index (χ0) is 10.7. The molecule has 14 heavy (non-hydrogen) atoms. The second kappa shape index (κ2) is 4.16. The normalized spacial score (nSPS) is 12.2. The van der Waals surface area contributed by atoms with Crippen molar-refractivity contribution in [2.75, 3.05) is 6.54 Å². The first-order valence-electron chi connectivity index (χ1n) is 4.19. The smallest absolute Gasteiger partial charge is 0.143 e. The molecule has 2 nitrogen and oxygen atoms in total. The van der Waals surface area contributed by atoms with E-state index in [0.29, 0.717) is 0 Å². The van der Waals surface area contributed by atoms with Gasteiger partial charge in [-0.15, -0.1) is 0 Å². The number of benzene rings is 1. The van der Waals surface area contributed by atoms with E-state index >= 15 is 0 Å². The largest absolute Gasteiger partial charge is 0.330 e. The summed E-state index contributed by atoms with van der Waals surface area (Å²) in [7, 11) is 0. The molecule has 74 valence electrons. The van der Waals surface area contributed by atoms with Gasteiger partial charge in [0.05, 0.1) is 5.56 Å². The highest BCUT2D eigenvalue weighted by Crippen LogP contribution is 2.21. The standard InChI is InChI=1S/C10H10F2N2/c1-6(4-13)8-2-7(5-14)9(11)3-10(8)12/h2-3,6H,4,13H2,1H3. The van der Waals surface area contributed by atoms with E-state index in [9.17, 15) is 8.78 Å². The highest BCUT2D eigenvalue weighted by atomic mass is 19.1. The lowest BCUT2D eigenvalue weighted by Gasteiger charge is -2.10. The van der Waals surface area contributed by atoms with Gasteiger partial charge in [-0.1, -0.05) is 6.92 Å². The van der Waals surface area contributed by atoms with Crippen molar-refractivity contribution in [1.29, 1.82) is 5.26 Å². The number of nitrogens with zero attached hydrogens (tertiary/aromatic N) is 1. The third kappa shape index (κ3) is 1.88. The average molecular weight is 196 g/mol. The molecule has 1 unspecified atom stereocenters. The quantitative estimate of drug-likeness (QED) is 0.785. The molecule has 0 saturated heterocycles. The molecule has 0 bridgehead atoms. The fourth-order valence-electron chi connectivity index (χ4n) is 1.16. The maximum atomic E-state index is 13.2. The molecule has 0 aliphatic heterocycles. The zero-order valence-electron chi connectivity index (χ0n) is 7.72. The monoisotopic (exact) mass is 196 g/mol. The van der Waals surface area contributed by atoms with Crippen molar-refractivity contribution >= 4 is 0 Å². The molecule has 0 aliphatic carbocycles. The van der Waals surface area contributed by atoms with Crippen molar-refractivity contribution in [1.82, 2.24) is 0 Å². The van der Waals surface area contributed by atoms with E-state index in [1.165, 1.54) is 6.07 Å². The molecule has 0 heterocycles. The van der Waals surface area contributed by atoms with Crippen LogP contribution in [0.4, 0.5) is 8.78 Å². The van der Waals surface area contributed by atoms with Gasteiger partial charge in [0, 0.05) is 6.07 Å². The predicted octanol–water partition coefficient (Wildman–Crippen LogP) is 1.90. The number of hydrogen-bond acceptors (Lipinski definition) is 2. The molecule has 2 N–H and O–H groups in total. The Hall–Kier alpha value is -1.47. The minimum absolute atomic E-state index is 0.151. The Bertz CT molecular complexity index is 382. The van der Waals surface area contributed by atoms with E-state index in [0.717, 1.165) is 6.07 Å². The van der Waals surface area contributed by atoms with Gasteiger partial charge in [0.2, 0.25) is 0 Å². The van der Waals surface area contributed by atoms with E-state index in [4.69, 9.17) is 11.0 Å². The van der Waals surface area contributed by atoms with Gasteiger partial charge in [-0.25, -0.2) is 8.78 Å². The van der Waals surface area contributed by atoms with Crippen molar-refractivity contribution in [3.05, 3.63) is 34.9 Å². The van der Waals surface area contributed by atoms with Crippen molar-refractivity contribution in [3.63, 3.8) is 0 Å². The summed E-state index contributed by atoms with van der Waals surface area (Å²) in [6, 6.07) is 3.59. The zero-order valence-corrected chi connectivity index (χ0v) is 7.72. The summed E-state index contributed by atoms with van der Waals surface area (Å²) in [6.07, 6.45) is 0. The van der Waals surface area contributed by atoms with Crippen molar-refractivity contribution in [2.24, 2.45) is 5.73 Å². The molecule has 1 atom stereocenters. The van der Waals surface area contributed by atoms with Gasteiger partial charge in [0.1, 0.15) is 17.7 Å². The average Bonchev–Trinajstić information content (AvgIpc) is 2.17. The van der Waals surface area contributed by atoms with Gasteiger partial charge in [0.25, 0.3) is 0 Å². The molecule has 0 aromatic heterocycles. The Morgan fingerprint density at radius 2 is 2.07 bits per heavy atom. The fraction of sp³-hybridized carbons (Fsp3) is 0.300. The lowest BCUT2D eigenvalue weighted by molar-refractivity contribution is 0.558. The van der Waals surface area contributed by atoms with Crippen molar-refractivity contribution in [2.45, 2.75) is 12.8 Å². The summed E-state index contributed by atoms with van der Waals surface area (Å²) in [5.41, 5.74) is 5.49. The molecule has 0 spiro atoms. The Kier molecular flexibility index (Phi) is 3.15. The Morgan fingerprint density at radius 1 is 1.43 bits per heavy atom. The SMILES string of the molecule is CC(CN)c1cc(C#N)c(F)cc1F. The van der Waals surface area contributed by atoms with E-state index in [2.05, 4.69) is 0 Å². The minimum atomic E-state index is -0.835. The first-order valence-corrected chi connectivity index (χ1v) is 4.19. The highest BCUT2D eigenvalue weighted by molar-refractivity contribution is 5.36. The van der Waals surface area contributed by atoms with Gasteiger partial charge in [0.15, 0.2) is 0 Å². The summed E-state index contributed by atoms with van der Waals surface area (Å²) in [6.45, 7) is 1.98. The van der Waals surface area contributed by atoms with Crippen LogP contribution in [-0.2, 0) is 0 Å². The summed E-state index contributed by atoms with van der Waals surface area (Å²) >= 11 is 0. The molecule has 0 fully saturated rings. The molecule has 1 aromatic carbocycles. The Morgan fingerprint density at radius 3 is 2.57 bits per heavy atom. The third-order valence-corrected chi connectivity index (χ3v) is 2.09. The molecule has 1 rings (SSSR count). The summed E-state index contributed by atoms with van der Waals surface area (Å²) in [5.74, 6) is -1.71. The number of rotatable bonds is 2. The third-order valence-electron chi connectivity index (χ3n) is 2.09. The van der Waals surface area contributed by atoms with Crippen LogP contribution in [-0.4, -0.2) is 6.54 Å². The number of hydrogen-bond donors (Lipinski definition) is 1. The first-order chi connectivity index (χ1) is 6.60. The van der Waals surface area contributed by atoms with Crippen LogP contribution in [0.1, 0.15) is 24.0 Å². The Balaban J connectivity index is 3.26. The fourth-order valence-corrected chi connectivity index (χ4v) is 1.16. The lowest BCUT2D eigenvalue weighted by Crippen LogP contribution is -2.11. The highest BCUT2D eigenvalue weighted by Gasteiger charge is 2.13. The first kappa shape index (κ1) is 10.6. The van der Waals surface area contributed by atoms with Crippen LogP contribution in [0.5, 0.6) is 0 Å². The van der Waals surface area contributed by atoms with Gasteiger partial charge in [-0.05, 0) is 24.1 Å². The van der Waals surface area contributed by atoms with Crippen LogP contribution >= 0.6 is 0 Å². The van der Waals surface area contributed by atoms with Crippen molar-refractivity contribution in [3.8, 4) is 6.07 Å². The molecule has 0 amide bonds. The van der Waals surface area contributed by atoms with Crippen LogP contribution in [0, 0.1) is 23.0 Å². The van der Waals surface area contributed by atoms with E-state index in [1.54, 1.807) is 13.0 Å². The molecular weight excluding hydrogens is 186 g/mol. The van der Waals surface area contributed by atoms with E-state index in [1.807, 2.05) is 0 Å². The molecular formula is C10H10F2N2. The lowest BCUT2D eigenvalue weighted by atomic mass is 9.98. The van der Waals surface area contributed by atoms with E-state index < -0.39 is 11.6 Å². The maximum Gasteiger partial charge on any atom is 0.143 e. The van der Waals surface area contributed by atoms with Gasteiger partial charge >= 0.3 is 0 Å². The van der Waals surface area contributed by atoms with Crippen LogP contribution < -0.4 is 5.73 Å². The Labute approximate surface area is 81.0 Å². The van der Waals surface area contributed by atoms with Gasteiger partial charge in [-0.3, -0.25) is 0 Å². The number of nitrogens with two attached hydrogens (primary N) is 1. The second-order valence-corrected chi connectivity index (χ2v) is 3.10. The summed E-state index contributed by atoms with van der Waals surface area (Å²) in [5, 5.41) is 8.54. The number of nitriles is 1. The van der Waals surface area contributed by atoms with Crippen LogP contribution in [0.2, 0.25) is 0 Å².